The van der Waals surface area contributed by atoms with Crippen molar-refractivity contribution in [3.63, 3.8) is 0 Å². The minimum absolute atomic E-state index is 0.810. The van der Waals surface area contributed by atoms with E-state index in [9.17, 15) is 0 Å². The van der Waals surface area contributed by atoms with E-state index in [4.69, 9.17) is 0 Å². The van der Waals surface area contributed by atoms with E-state index in [1.165, 1.54) is 64.2 Å². The maximum absolute atomic E-state index is 2.49. The van der Waals surface area contributed by atoms with Gasteiger partial charge < -0.3 is 0 Å². The van der Waals surface area contributed by atoms with Crippen molar-refractivity contribution in [2.45, 2.75) is 78.1 Å². The molecule has 0 saturated heterocycles. The molecule has 0 heterocycles. The summed E-state index contributed by atoms with van der Waals surface area (Å²) in [5, 5.41) is 0. The van der Waals surface area contributed by atoms with Crippen LogP contribution in [0.2, 0.25) is 0 Å². The number of unbranched alkanes of at least 4 members (excludes halogenated alkanes) is 4. The van der Waals surface area contributed by atoms with Gasteiger partial charge in [0.2, 0.25) is 0 Å². The Balaban J connectivity index is 2.24. The second-order valence-corrected chi connectivity index (χ2v) is 5.84. The SMILES string of the molecule is CCCCC[C@H]1/C=C\C[C@@H](CCCCC)/C=C\C1. The molecule has 0 fully saturated rings. The predicted molar refractivity (Wildman–Crippen MR) is 82.8 cm³/mol. The molecule has 1 rings (SSSR count). The molecule has 0 aromatic heterocycles. The molecular formula is C18H32. The van der Waals surface area contributed by atoms with Crippen LogP contribution in [0.3, 0.4) is 0 Å². The van der Waals surface area contributed by atoms with Gasteiger partial charge in [-0.2, -0.15) is 0 Å². The van der Waals surface area contributed by atoms with Gasteiger partial charge in [-0.05, 0) is 37.5 Å². The Bertz CT molecular complexity index is 210. The van der Waals surface area contributed by atoms with Gasteiger partial charge in [0.15, 0.2) is 0 Å². The molecule has 0 bridgehead atoms. The highest BCUT2D eigenvalue weighted by molar-refractivity contribution is 5.01. The summed E-state index contributed by atoms with van der Waals surface area (Å²) in [6, 6.07) is 0. The minimum atomic E-state index is 0.810. The lowest BCUT2D eigenvalue weighted by atomic mass is 9.90. The van der Waals surface area contributed by atoms with E-state index in [0.717, 1.165) is 11.8 Å². The molecule has 0 aromatic rings. The van der Waals surface area contributed by atoms with E-state index < -0.39 is 0 Å². The van der Waals surface area contributed by atoms with Gasteiger partial charge in [0, 0.05) is 0 Å². The largest absolute Gasteiger partial charge is 0.0877 e. The summed E-state index contributed by atoms with van der Waals surface area (Å²) in [6.07, 6.45) is 23.5. The Kier molecular flexibility index (Phi) is 8.98. The van der Waals surface area contributed by atoms with Gasteiger partial charge in [-0.15, -0.1) is 0 Å². The lowest BCUT2D eigenvalue weighted by molar-refractivity contribution is 0.514. The first kappa shape index (κ1) is 15.5. The molecular weight excluding hydrogens is 216 g/mol. The topological polar surface area (TPSA) is 0 Å². The molecule has 0 N–H and O–H groups in total. The molecule has 0 heteroatoms. The maximum atomic E-state index is 2.49. The third-order valence-corrected chi connectivity index (χ3v) is 4.05. The first-order valence-electron chi connectivity index (χ1n) is 8.20. The van der Waals surface area contributed by atoms with Crippen molar-refractivity contribution >= 4 is 0 Å². The number of hydrogen-bond donors (Lipinski definition) is 0. The Morgan fingerprint density at radius 2 is 1.17 bits per heavy atom. The quantitative estimate of drug-likeness (QED) is 0.350. The molecule has 0 amide bonds. The Morgan fingerprint density at radius 3 is 1.56 bits per heavy atom. The van der Waals surface area contributed by atoms with Crippen LogP contribution in [0.5, 0.6) is 0 Å². The van der Waals surface area contributed by atoms with Crippen LogP contribution in [-0.2, 0) is 0 Å². The molecule has 2 atom stereocenters. The molecule has 0 unspecified atom stereocenters. The predicted octanol–water partition coefficient (Wildman–Crippen LogP) is 6.29. The van der Waals surface area contributed by atoms with Crippen molar-refractivity contribution in [3.05, 3.63) is 24.3 Å². The zero-order chi connectivity index (χ0) is 13.1. The maximum Gasteiger partial charge on any atom is -0.0199 e. The third kappa shape index (κ3) is 7.03. The normalized spacial score (nSPS) is 27.4. The van der Waals surface area contributed by atoms with Crippen LogP contribution in [0, 0.1) is 11.8 Å². The first-order chi connectivity index (χ1) is 8.86. The van der Waals surface area contributed by atoms with E-state index in [2.05, 4.69) is 38.2 Å². The fourth-order valence-electron chi connectivity index (χ4n) is 2.79. The van der Waals surface area contributed by atoms with E-state index in [0.29, 0.717) is 0 Å². The molecule has 0 spiro atoms. The van der Waals surface area contributed by atoms with Crippen LogP contribution >= 0.6 is 0 Å². The fourth-order valence-corrected chi connectivity index (χ4v) is 2.79. The summed E-state index contributed by atoms with van der Waals surface area (Å²) in [6.45, 7) is 4.57. The van der Waals surface area contributed by atoms with Crippen molar-refractivity contribution in [2.75, 3.05) is 0 Å². The Hall–Kier alpha value is -0.520. The highest BCUT2D eigenvalue weighted by Gasteiger charge is 2.08. The summed E-state index contributed by atoms with van der Waals surface area (Å²) < 4.78 is 0. The van der Waals surface area contributed by atoms with E-state index in [1.54, 1.807) is 0 Å². The van der Waals surface area contributed by atoms with Crippen LogP contribution in [0.4, 0.5) is 0 Å². The molecule has 0 aliphatic heterocycles. The molecule has 0 nitrogen and oxygen atoms in total. The van der Waals surface area contributed by atoms with Crippen molar-refractivity contribution < 1.29 is 0 Å². The highest BCUT2D eigenvalue weighted by Crippen LogP contribution is 2.23. The Morgan fingerprint density at radius 1 is 0.722 bits per heavy atom. The zero-order valence-electron chi connectivity index (χ0n) is 12.5. The van der Waals surface area contributed by atoms with Crippen molar-refractivity contribution in [2.24, 2.45) is 11.8 Å². The summed E-state index contributed by atoms with van der Waals surface area (Å²) in [4.78, 5) is 0. The fraction of sp³-hybridized carbons (Fsp3) is 0.778. The highest BCUT2D eigenvalue weighted by atomic mass is 14.1. The lowest BCUT2D eigenvalue weighted by Gasteiger charge is -2.16. The van der Waals surface area contributed by atoms with Gasteiger partial charge in [0.25, 0.3) is 0 Å². The van der Waals surface area contributed by atoms with Crippen LogP contribution in [-0.4, -0.2) is 0 Å². The average molecular weight is 248 g/mol. The standard InChI is InChI=1S/C18H32/c1-3-5-7-11-17-13-9-15-18(16-10-14-17)12-8-6-4-2/h9-10,13,16-18H,3-8,11-12,14-15H2,1-2H3/b13-9-,16-10-/t17-,18+/m0/s1. The van der Waals surface area contributed by atoms with E-state index in [-0.39, 0.29) is 0 Å². The van der Waals surface area contributed by atoms with Gasteiger partial charge in [-0.1, -0.05) is 76.7 Å². The number of rotatable bonds is 8. The van der Waals surface area contributed by atoms with Crippen molar-refractivity contribution in [3.8, 4) is 0 Å². The smallest absolute Gasteiger partial charge is 0.0199 e. The molecule has 0 aromatic carbocycles. The van der Waals surface area contributed by atoms with Gasteiger partial charge >= 0.3 is 0 Å². The molecule has 1 aliphatic rings. The van der Waals surface area contributed by atoms with Crippen LogP contribution in [0.15, 0.2) is 24.3 Å². The molecule has 1 aliphatic carbocycles. The Labute approximate surface area is 115 Å². The third-order valence-electron chi connectivity index (χ3n) is 4.05. The van der Waals surface area contributed by atoms with Gasteiger partial charge in [-0.3, -0.25) is 0 Å². The molecule has 0 radical (unpaired) electrons. The number of hydrogen-bond acceptors (Lipinski definition) is 0. The summed E-state index contributed by atoms with van der Waals surface area (Å²) in [5.74, 6) is 1.62. The minimum Gasteiger partial charge on any atom is -0.0877 e. The second kappa shape index (κ2) is 10.4. The van der Waals surface area contributed by atoms with E-state index >= 15 is 0 Å². The van der Waals surface area contributed by atoms with E-state index in [1.807, 2.05) is 0 Å². The summed E-state index contributed by atoms with van der Waals surface area (Å²) >= 11 is 0. The van der Waals surface area contributed by atoms with Gasteiger partial charge in [0.05, 0.1) is 0 Å². The van der Waals surface area contributed by atoms with Crippen molar-refractivity contribution in [1.29, 1.82) is 0 Å². The first-order valence-corrected chi connectivity index (χ1v) is 8.20. The lowest BCUT2D eigenvalue weighted by Crippen LogP contribution is -2.01. The van der Waals surface area contributed by atoms with Crippen LogP contribution < -0.4 is 0 Å². The second-order valence-electron chi connectivity index (χ2n) is 5.84. The van der Waals surface area contributed by atoms with Crippen LogP contribution in [0.25, 0.3) is 0 Å². The number of allylic oxidation sites excluding steroid dienone is 4. The molecule has 104 valence electrons. The molecule has 18 heavy (non-hydrogen) atoms. The van der Waals surface area contributed by atoms with Crippen LogP contribution in [0.1, 0.15) is 78.1 Å². The zero-order valence-corrected chi connectivity index (χ0v) is 12.5. The molecule has 0 saturated carbocycles. The summed E-state index contributed by atoms with van der Waals surface area (Å²) in [5.41, 5.74) is 0. The average Bonchev–Trinajstić information content (AvgIpc) is 2.34. The summed E-state index contributed by atoms with van der Waals surface area (Å²) in [7, 11) is 0. The monoisotopic (exact) mass is 248 g/mol. The van der Waals surface area contributed by atoms with Gasteiger partial charge in [-0.25, -0.2) is 0 Å². The van der Waals surface area contributed by atoms with Gasteiger partial charge in [0.1, 0.15) is 0 Å². The van der Waals surface area contributed by atoms with Crippen molar-refractivity contribution in [1.82, 2.24) is 0 Å².